The van der Waals surface area contributed by atoms with Gasteiger partial charge in [-0.15, -0.1) is 0 Å². The van der Waals surface area contributed by atoms with Gasteiger partial charge in [-0.25, -0.2) is 0 Å². The fraction of sp³-hybridized carbons (Fsp3) is 0.278. The molecule has 0 aliphatic carbocycles. The summed E-state index contributed by atoms with van der Waals surface area (Å²) in [6.45, 7) is 4.09. The van der Waals surface area contributed by atoms with Crippen LogP contribution in [0.4, 0.5) is 0 Å². The van der Waals surface area contributed by atoms with Crippen LogP contribution in [0.1, 0.15) is 34.5 Å². The Morgan fingerprint density at radius 1 is 1.14 bits per heavy atom. The molecule has 0 heterocycles. The Kier molecular flexibility index (Phi) is 4.63. The van der Waals surface area contributed by atoms with Crippen LogP contribution in [0.15, 0.2) is 48.5 Å². The van der Waals surface area contributed by atoms with Gasteiger partial charge in [0.2, 0.25) is 0 Å². The topological polar surface area (TPSA) is 29.5 Å². The van der Waals surface area contributed by atoms with Gasteiger partial charge in [0, 0.05) is 12.6 Å². The first-order chi connectivity index (χ1) is 10.0. The van der Waals surface area contributed by atoms with Crippen LogP contribution in [0.5, 0.6) is 5.75 Å². The quantitative estimate of drug-likeness (QED) is 0.853. The van der Waals surface area contributed by atoms with E-state index < -0.39 is 0 Å². The lowest BCUT2D eigenvalue weighted by Crippen LogP contribution is -2.29. The largest absolute Gasteiger partial charge is 0.497 e. The van der Waals surface area contributed by atoms with Crippen LogP contribution in [0.25, 0.3) is 0 Å². The van der Waals surface area contributed by atoms with Crippen molar-refractivity contribution in [1.82, 2.24) is 4.90 Å². The predicted molar refractivity (Wildman–Crippen MR) is 84.7 cm³/mol. The number of ether oxygens (including phenoxy) is 1. The van der Waals surface area contributed by atoms with E-state index >= 15 is 0 Å². The second-order valence-corrected chi connectivity index (χ2v) is 5.23. The maximum Gasteiger partial charge on any atom is 0.254 e. The highest BCUT2D eigenvalue weighted by Crippen LogP contribution is 2.22. The second-order valence-electron chi connectivity index (χ2n) is 5.23. The van der Waals surface area contributed by atoms with E-state index in [9.17, 15) is 4.79 Å². The van der Waals surface area contributed by atoms with Gasteiger partial charge in [0.05, 0.1) is 13.2 Å². The summed E-state index contributed by atoms with van der Waals surface area (Å²) >= 11 is 0. The zero-order chi connectivity index (χ0) is 15.4. The molecule has 110 valence electrons. The van der Waals surface area contributed by atoms with Gasteiger partial charge in [0.15, 0.2) is 0 Å². The molecule has 0 fully saturated rings. The van der Waals surface area contributed by atoms with E-state index in [1.807, 2.05) is 32.2 Å². The number of methoxy groups -OCH3 is 1. The Labute approximate surface area is 126 Å². The van der Waals surface area contributed by atoms with Crippen LogP contribution in [0, 0.1) is 6.92 Å². The van der Waals surface area contributed by atoms with Crippen molar-refractivity contribution in [3.05, 3.63) is 65.2 Å². The lowest BCUT2D eigenvalue weighted by molar-refractivity contribution is 0.0742. The molecule has 0 saturated carbocycles. The van der Waals surface area contributed by atoms with Crippen molar-refractivity contribution >= 4 is 5.91 Å². The van der Waals surface area contributed by atoms with Crippen molar-refractivity contribution in [3.8, 4) is 5.75 Å². The predicted octanol–water partition coefficient (Wildman–Crippen LogP) is 3.84. The first kappa shape index (κ1) is 15.1. The molecule has 21 heavy (non-hydrogen) atoms. The third-order valence-electron chi connectivity index (χ3n) is 3.78. The van der Waals surface area contributed by atoms with Crippen molar-refractivity contribution < 1.29 is 9.53 Å². The summed E-state index contributed by atoms with van der Waals surface area (Å²) in [7, 11) is 3.43. The number of aryl methyl sites for hydroxylation is 1. The van der Waals surface area contributed by atoms with Crippen molar-refractivity contribution in [2.24, 2.45) is 0 Å². The van der Waals surface area contributed by atoms with Gasteiger partial charge in [0.1, 0.15) is 5.75 Å². The van der Waals surface area contributed by atoms with Gasteiger partial charge in [0.25, 0.3) is 5.91 Å². The molecule has 2 rings (SSSR count). The average molecular weight is 283 g/mol. The highest BCUT2D eigenvalue weighted by molar-refractivity contribution is 5.94. The van der Waals surface area contributed by atoms with E-state index in [4.69, 9.17) is 4.74 Å². The van der Waals surface area contributed by atoms with Crippen molar-refractivity contribution in [3.63, 3.8) is 0 Å². The number of carbonyl (C=O) groups is 1. The molecule has 3 heteroatoms. The summed E-state index contributed by atoms with van der Waals surface area (Å²) in [6, 6.07) is 15.5. The smallest absolute Gasteiger partial charge is 0.254 e. The summed E-state index contributed by atoms with van der Waals surface area (Å²) < 4.78 is 5.17. The minimum atomic E-state index is -0.0121. The minimum absolute atomic E-state index is 0.0121. The van der Waals surface area contributed by atoms with Crippen LogP contribution in [-0.2, 0) is 0 Å². The van der Waals surface area contributed by atoms with E-state index in [1.165, 1.54) is 5.56 Å². The highest BCUT2D eigenvalue weighted by atomic mass is 16.5. The van der Waals surface area contributed by atoms with Gasteiger partial charge in [-0.2, -0.15) is 0 Å². The Balaban J connectivity index is 2.19. The number of carbonyl (C=O) groups excluding carboxylic acids is 1. The van der Waals surface area contributed by atoms with Gasteiger partial charge < -0.3 is 9.64 Å². The molecule has 0 aromatic heterocycles. The second kappa shape index (κ2) is 6.44. The fourth-order valence-corrected chi connectivity index (χ4v) is 2.20. The Bertz CT molecular complexity index is 619. The minimum Gasteiger partial charge on any atom is -0.497 e. The average Bonchev–Trinajstić information content (AvgIpc) is 2.53. The van der Waals surface area contributed by atoms with Crippen LogP contribution in [0.2, 0.25) is 0 Å². The first-order valence-electron chi connectivity index (χ1n) is 7.00. The van der Waals surface area contributed by atoms with Crippen molar-refractivity contribution in [1.29, 1.82) is 0 Å². The SMILES string of the molecule is COc1cccc(C(=O)N(C)C(C)c2ccc(C)cc2)c1. The number of rotatable bonds is 4. The number of hydrogen-bond acceptors (Lipinski definition) is 2. The van der Waals surface area contributed by atoms with E-state index in [-0.39, 0.29) is 11.9 Å². The number of benzene rings is 2. The van der Waals surface area contributed by atoms with Gasteiger partial charge >= 0.3 is 0 Å². The molecule has 0 bridgehead atoms. The van der Waals surface area contributed by atoms with Gasteiger partial charge in [-0.05, 0) is 37.6 Å². The third-order valence-corrected chi connectivity index (χ3v) is 3.78. The fourth-order valence-electron chi connectivity index (χ4n) is 2.20. The number of amides is 1. The van der Waals surface area contributed by atoms with Crippen molar-refractivity contribution in [2.45, 2.75) is 19.9 Å². The molecule has 0 N–H and O–H groups in total. The number of nitrogens with zero attached hydrogens (tertiary/aromatic N) is 1. The first-order valence-corrected chi connectivity index (χ1v) is 7.00. The van der Waals surface area contributed by atoms with Crippen LogP contribution in [0.3, 0.4) is 0 Å². The summed E-state index contributed by atoms with van der Waals surface area (Å²) in [4.78, 5) is 14.3. The molecule has 1 atom stereocenters. The summed E-state index contributed by atoms with van der Waals surface area (Å²) in [6.07, 6.45) is 0. The lowest BCUT2D eigenvalue weighted by Gasteiger charge is -2.25. The molecule has 0 spiro atoms. The third kappa shape index (κ3) is 3.43. The van der Waals surface area contributed by atoms with E-state index in [0.717, 1.165) is 5.56 Å². The Morgan fingerprint density at radius 2 is 1.81 bits per heavy atom. The molecule has 0 radical (unpaired) electrons. The zero-order valence-electron chi connectivity index (χ0n) is 13.0. The summed E-state index contributed by atoms with van der Waals surface area (Å²) in [5.74, 6) is 0.680. The van der Waals surface area contributed by atoms with Gasteiger partial charge in [-0.3, -0.25) is 4.79 Å². The lowest BCUT2D eigenvalue weighted by atomic mass is 10.0. The summed E-state index contributed by atoms with van der Waals surface area (Å²) in [5.41, 5.74) is 2.97. The molecule has 0 aliphatic heterocycles. The molecule has 2 aromatic rings. The molecule has 0 aliphatic rings. The van der Waals surface area contributed by atoms with Crippen LogP contribution < -0.4 is 4.74 Å². The Morgan fingerprint density at radius 3 is 2.43 bits per heavy atom. The number of hydrogen-bond donors (Lipinski definition) is 0. The maximum atomic E-state index is 12.6. The van der Waals surface area contributed by atoms with E-state index in [1.54, 1.807) is 18.1 Å². The molecule has 2 aromatic carbocycles. The van der Waals surface area contributed by atoms with E-state index in [0.29, 0.717) is 11.3 Å². The van der Waals surface area contributed by atoms with Gasteiger partial charge in [-0.1, -0.05) is 35.9 Å². The standard InChI is InChI=1S/C18H21NO2/c1-13-8-10-15(11-9-13)14(2)19(3)18(20)16-6-5-7-17(12-16)21-4/h5-12,14H,1-4H3. The summed E-state index contributed by atoms with van der Waals surface area (Å²) in [5, 5.41) is 0. The Hall–Kier alpha value is -2.29. The molecular formula is C18H21NO2. The molecule has 1 unspecified atom stereocenters. The highest BCUT2D eigenvalue weighted by Gasteiger charge is 2.19. The normalized spacial score (nSPS) is 11.8. The van der Waals surface area contributed by atoms with E-state index in [2.05, 4.69) is 31.2 Å². The van der Waals surface area contributed by atoms with Crippen LogP contribution in [-0.4, -0.2) is 25.0 Å². The maximum absolute atomic E-state index is 12.6. The molecule has 3 nitrogen and oxygen atoms in total. The zero-order valence-corrected chi connectivity index (χ0v) is 13.0. The molecular weight excluding hydrogens is 262 g/mol. The van der Waals surface area contributed by atoms with Crippen molar-refractivity contribution in [2.75, 3.05) is 14.2 Å². The monoisotopic (exact) mass is 283 g/mol. The molecule has 1 amide bonds. The van der Waals surface area contributed by atoms with Crippen LogP contribution >= 0.6 is 0 Å². The molecule has 0 saturated heterocycles.